The van der Waals surface area contributed by atoms with Gasteiger partial charge in [0.25, 0.3) is 5.91 Å². The van der Waals surface area contributed by atoms with Crippen molar-refractivity contribution in [2.75, 3.05) is 23.9 Å². The van der Waals surface area contributed by atoms with E-state index in [9.17, 15) is 4.79 Å². The molecule has 2 aromatic carbocycles. The van der Waals surface area contributed by atoms with E-state index in [-0.39, 0.29) is 5.91 Å². The van der Waals surface area contributed by atoms with Gasteiger partial charge in [-0.3, -0.25) is 4.79 Å². The van der Waals surface area contributed by atoms with E-state index >= 15 is 0 Å². The van der Waals surface area contributed by atoms with Gasteiger partial charge in [0.2, 0.25) is 0 Å². The van der Waals surface area contributed by atoms with Gasteiger partial charge in [0, 0.05) is 22.8 Å². The fourth-order valence-corrected chi connectivity index (χ4v) is 5.08. The Hall–Kier alpha value is -1.59. The van der Waals surface area contributed by atoms with Gasteiger partial charge in [0.1, 0.15) is 5.75 Å². The van der Waals surface area contributed by atoms with Gasteiger partial charge >= 0.3 is 0 Å². The molecule has 0 saturated carbocycles. The molecule has 1 amide bonds. The highest BCUT2D eigenvalue weighted by Crippen LogP contribution is 2.45. The molecule has 1 aliphatic heterocycles. The molecule has 1 heterocycles. The molecule has 1 fully saturated rings. The zero-order valence-corrected chi connectivity index (χ0v) is 13.9. The maximum Gasteiger partial charge on any atom is 0.255 e. The second kappa shape index (κ2) is 7.11. The third-order valence-electron chi connectivity index (χ3n) is 3.41. The number of anilines is 1. The van der Waals surface area contributed by atoms with Crippen LogP contribution in [0.4, 0.5) is 5.69 Å². The number of thioether (sulfide) groups is 2. The van der Waals surface area contributed by atoms with Gasteiger partial charge in [-0.25, -0.2) is 0 Å². The first kappa shape index (κ1) is 15.3. The third kappa shape index (κ3) is 3.59. The number of methoxy groups -OCH3 is 1. The van der Waals surface area contributed by atoms with Crippen LogP contribution in [0.25, 0.3) is 0 Å². The molecular weight excluding hydrogens is 314 g/mol. The second-order valence-corrected chi connectivity index (χ2v) is 7.60. The van der Waals surface area contributed by atoms with Gasteiger partial charge in [0.05, 0.1) is 11.7 Å². The van der Waals surface area contributed by atoms with Crippen LogP contribution in [0, 0.1) is 0 Å². The highest BCUT2D eigenvalue weighted by atomic mass is 32.2. The van der Waals surface area contributed by atoms with Crippen molar-refractivity contribution in [2.45, 2.75) is 4.58 Å². The van der Waals surface area contributed by atoms with E-state index in [0.29, 0.717) is 10.1 Å². The highest BCUT2D eigenvalue weighted by Gasteiger charge is 2.18. The summed E-state index contributed by atoms with van der Waals surface area (Å²) in [6.45, 7) is 0. The van der Waals surface area contributed by atoms with Crippen molar-refractivity contribution in [2.24, 2.45) is 0 Å². The minimum Gasteiger partial charge on any atom is -0.497 e. The SMILES string of the molecule is COc1ccc(NC(=O)c2ccc(C3SCCS3)cc2)cc1. The summed E-state index contributed by atoms with van der Waals surface area (Å²) in [6.07, 6.45) is 0. The van der Waals surface area contributed by atoms with Crippen molar-refractivity contribution in [1.82, 2.24) is 0 Å². The van der Waals surface area contributed by atoms with Crippen LogP contribution in [0.3, 0.4) is 0 Å². The molecule has 0 aromatic heterocycles. The molecule has 0 bridgehead atoms. The molecule has 0 radical (unpaired) electrons. The molecule has 2 aromatic rings. The summed E-state index contributed by atoms with van der Waals surface area (Å²) in [5, 5.41) is 2.89. The molecular formula is C17H17NO2S2. The average Bonchev–Trinajstić information content (AvgIpc) is 3.10. The Balaban J connectivity index is 1.66. The first-order valence-corrected chi connectivity index (χ1v) is 9.14. The summed E-state index contributed by atoms with van der Waals surface area (Å²) in [7, 11) is 1.62. The maximum atomic E-state index is 12.2. The third-order valence-corrected chi connectivity index (χ3v) is 6.52. The van der Waals surface area contributed by atoms with Crippen molar-refractivity contribution in [3.05, 3.63) is 59.7 Å². The fourth-order valence-electron chi connectivity index (χ4n) is 2.22. The lowest BCUT2D eigenvalue weighted by atomic mass is 10.1. The lowest BCUT2D eigenvalue weighted by Gasteiger charge is -2.10. The van der Waals surface area contributed by atoms with E-state index in [2.05, 4.69) is 17.4 Å². The van der Waals surface area contributed by atoms with Crippen molar-refractivity contribution >= 4 is 35.1 Å². The molecule has 0 aliphatic carbocycles. The molecule has 0 unspecified atom stereocenters. The molecule has 0 spiro atoms. The molecule has 1 N–H and O–H groups in total. The number of benzene rings is 2. The molecule has 0 atom stereocenters. The lowest BCUT2D eigenvalue weighted by Crippen LogP contribution is -2.11. The Morgan fingerprint density at radius 1 is 1.05 bits per heavy atom. The molecule has 1 aliphatic rings. The Morgan fingerprint density at radius 3 is 2.27 bits per heavy atom. The quantitative estimate of drug-likeness (QED) is 0.900. The smallest absolute Gasteiger partial charge is 0.255 e. The van der Waals surface area contributed by atoms with E-state index in [1.54, 1.807) is 7.11 Å². The summed E-state index contributed by atoms with van der Waals surface area (Å²) >= 11 is 3.93. The van der Waals surface area contributed by atoms with Gasteiger partial charge in [-0.05, 0) is 42.0 Å². The van der Waals surface area contributed by atoms with Gasteiger partial charge in [-0.2, -0.15) is 0 Å². The first-order valence-electron chi connectivity index (χ1n) is 7.05. The van der Waals surface area contributed by atoms with Crippen LogP contribution in [0.2, 0.25) is 0 Å². The molecule has 22 heavy (non-hydrogen) atoms. The molecule has 1 saturated heterocycles. The van der Waals surface area contributed by atoms with E-state index in [0.717, 1.165) is 11.4 Å². The monoisotopic (exact) mass is 331 g/mol. The van der Waals surface area contributed by atoms with Gasteiger partial charge < -0.3 is 10.1 Å². The molecule has 114 valence electrons. The number of nitrogens with one attached hydrogen (secondary N) is 1. The highest BCUT2D eigenvalue weighted by molar-refractivity contribution is 8.19. The minimum atomic E-state index is -0.0940. The average molecular weight is 331 g/mol. The molecule has 3 nitrogen and oxygen atoms in total. The lowest BCUT2D eigenvalue weighted by molar-refractivity contribution is 0.102. The number of carbonyl (C=O) groups excluding carboxylic acids is 1. The minimum absolute atomic E-state index is 0.0940. The zero-order chi connectivity index (χ0) is 15.4. The number of carbonyl (C=O) groups is 1. The van der Waals surface area contributed by atoms with Crippen LogP contribution in [0.1, 0.15) is 20.5 Å². The summed E-state index contributed by atoms with van der Waals surface area (Å²) < 4.78 is 5.62. The van der Waals surface area contributed by atoms with Crippen LogP contribution in [0.5, 0.6) is 5.75 Å². The van der Waals surface area contributed by atoms with E-state index < -0.39 is 0 Å². The number of rotatable bonds is 4. The maximum absolute atomic E-state index is 12.2. The standard InChI is InChI=1S/C17H17NO2S2/c1-20-15-8-6-14(7-9-15)18-16(19)12-2-4-13(5-3-12)17-21-10-11-22-17/h2-9,17H,10-11H2,1H3,(H,18,19). The van der Waals surface area contributed by atoms with Crippen molar-refractivity contribution < 1.29 is 9.53 Å². The Bertz CT molecular complexity index is 635. The van der Waals surface area contributed by atoms with Crippen molar-refractivity contribution in [3.63, 3.8) is 0 Å². The number of hydrogen-bond donors (Lipinski definition) is 1. The molecule has 5 heteroatoms. The predicted octanol–water partition coefficient (Wildman–Crippen LogP) is 4.43. The number of amides is 1. The number of hydrogen-bond acceptors (Lipinski definition) is 4. The van der Waals surface area contributed by atoms with E-state index in [4.69, 9.17) is 4.74 Å². The molecule has 3 rings (SSSR count). The zero-order valence-electron chi connectivity index (χ0n) is 12.2. The van der Waals surface area contributed by atoms with Crippen molar-refractivity contribution in [3.8, 4) is 5.75 Å². The topological polar surface area (TPSA) is 38.3 Å². The largest absolute Gasteiger partial charge is 0.497 e. The van der Waals surface area contributed by atoms with Crippen LogP contribution < -0.4 is 10.1 Å². The van der Waals surface area contributed by atoms with Crippen LogP contribution in [0.15, 0.2) is 48.5 Å². The van der Waals surface area contributed by atoms with E-state index in [1.165, 1.54) is 17.1 Å². The van der Waals surface area contributed by atoms with Gasteiger partial charge in [-0.15, -0.1) is 23.5 Å². The predicted molar refractivity (Wildman–Crippen MR) is 95.0 cm³/mol. The van der Waals surface area contributed by atoms with Crippen molar-refractivity contribution in [1.29, 1.82) is 0 Å². The Morgan fingerprint density at radius 2 is 1.68 bits per heavy atom. The Kier molecular flexibility index (Phi) is 4.95. The Labute approximate surface area is 138 Å². The van der Waals surface area contributed by atoms with Gasteiger partial charge in [-0.1, -0.05) is 12.1 Å². The first-order chi connectivity index (χ1) is 10.8. The van der Waals surface area contributed by atoms with Crippen LogP contribution in [-0.4, -0.2) is 24.5 Å². The summed E-state index contributed by atoms with van der Waals surface area (Å²) in [6, 6.07) is 15.2. The van der Waals surface area contributed by atoms with E-state index in [1.807, 2.05) is 59.9 Å². The van der Waals surface area contributed by atoms with Crippen LogP contribution >= 0.6 is 23.5 Å². The summed E-state index contributed by atoms with van der Waals surface area (Å²) in [5.41, 5.74) is 2.72. The summed E-state index contributed by atoms with van der Waals surface area (Å²) in [5.74, 6) is 3.08. The second-order valence-electron chi connectivity index (χ2n) is 4.88. The van der Waals surface area contributed by atoms with Crippen LogP contribution in [-0.2, 0) is 0 Å². The summed E-state index contributed by atoms with van der Waals surface area (Å²) in [4.78, 5) is 12.2. The normalized spacial score (nSPS) is 14.8. The number of ether oxygens (including phenoxy) is 1. The van der Waals surface area contributed by atoms with Gasteiger partial charge in [0.15, 0.2) is 0 Å². The fraction of sp³-hybridized carbons (Fsp3) is 0.235.